The van der Waals surface area contributed by atoms with E-state index in [1.165, 1.54) is 17.5 Å². The van der Waals surface area contributed by atoms with Crippen LogP contribution in [0.15, 0.2) is 55.1 Å². The maximum atomic E-state index is 13.3. The van der Waals surface area contributed by atoms with E-state index < -0.39 is 0 Å². The van der Waals surface area contributed by atoms with Crippen molar-refractivity contribution in [2.75, 3.05) is 19.6 Å². The summed E-state index contributed by atoms with van der Waals surface area (Å²) >= 11 is 0. The van der Waals surface area contributed by atoms with Crippen LogP contribution >= 0.6 is 12.4 Å². The summed E-state index contributed by atoms with van der Waals surface area (Å²) in [7, 11) is 0. The summed E-state index contributed by atoms with van der Waals surface area (Å²) in [4.78, 5) is 19.3. The zero-order valence-corrected chi connectivity index (χ0v) is 17.5. The van der Waals surface area contributed by atoms with Gasteiger partial charge in [-0.1, -0.05) is 31.2 Å². The minimum atomic E-state index is 0. The average molecular weight is 412 g/mol. The van der Waals surface area contributed by atoms with Gasteiger partial charge < -0.3 is 10.2 Å². The van der Waals surface area contributed by atoms with Crippen molar-refractivity contribution in [2.24, 2.45) is 0 Å². The van der Waals surface area contributed by atoms with Crippen LogP contribution in [0.4, 0.5) is 0 Å². The van der Waals surface area contributed by atoms with Crippen molar-refractivity contribution in [3.63, 3.8) is 0 Å². The second-order valence-electron chi connectivity index (χ2n) is 7.15. The second kappa shape index (κ2) is 9.20. The van der Waals surface area contributed by atoms with E-state index in [4.69, 9.17) is 0 Å². The Bertz CT molecular complexity index is 956. The van der Waals surface area contributed by atoms with Gasteiger partial charge in [0.15, 0.2) is 0 Å². The molecule has 29 heavy (non-hydrogen) atoms. The standard InChI is InChI=1S/C22H25N5O.ClH/c1-3-17-4-6-18(7-5-17)21-13-23-10-11-26(21)22(28)19-8-9-20(16(2)12-19)27-15-24-14-25-27;/h4-9,12,14-15,21,23H,3,10-11,13H2,1-2H3;1H. The Morgan fingerprint density at radius 2 is 2.00 bits per heavy atom. The molecule has 1 atom stereocenters. The molecule has 152 valence electrons. The Balaban J connectivity index is 0.00000240. The fourth-order valence-electron chi connectivity index (χ4n) is 3.76. The fourth-order valence-corrected chi connectivity index (χ4v) is 3.76. The van der Waals surface area contributed by atoms with Crippen LogP contribution in [-0.2, 0) is 6.42 Å². The molecule has 7 heteroatoms. The highest BCUT2D eigenvalue weighted by Crippen LogP contribution is 2.26. The fraction of sp³-hybridized carbons (Fsp3) is 0.318. The van der Waals surface area contributed by atoms with Crippen LogP contribution in [0.3, 0.4) is 0 Å². The minimum Gasteiger partial charge on any atom is -0.329 e. The molecule has 0 spiro atoms. The van der Waals surface area contributed by atoms with Gasteiger partial charge >= 0.3 is 0 Å². The maximum absolute atomic E-state index is 13.3. The molecule has 1 unspecified atom stereocenters. The van der Waals surface area contributed by atoms with Gasteiger partial charge in [0.25, 0.3) is 5.91 Å². The Hall–Kier alpha value is -2.70. The lowest BCUT2D eigenvalue weighted by atomic mass is 9.99. The van der Waals surface area contributed by atoms with Gasteiger partial charge in [-0.2, -0.15) is 5.10 Å². The summed E-state index contributed by atoms with van der Waals surface area (Å²) in [5, 5.41) is 7.60. The zero-order chi connectivity index (χ0) is 19.5. The molecule has 1 aromatic heterocycles. The zero-order valence-electron chi connectivity index (χ0n) is 16.7. The molecule has 3 aromatic rings. The highest BCUT2D eigenvalue weighted by atomic mass is 35.5. The average Bonchev–Trinajstić information content (AvgIpc) is 3.28. The molecule has 1 amide bonds. The number of halogens is 1. The smallest absolute Gasteiger partial charge is 0.254 e. The Morgan fingerprint density at radius 3 is 2.66 bits per heavy atom. The predicted molar refractivity (Wildman–Crippen MR) is 116 cm³/mol. The molecule has 6 nitrogen and oxygen atoms in total. The van der Waals surface area contributed by atoms with Crippen LogP contribution in [0.1, 0.15) is 40.0 Å². The number of aryl methyl sites for hydroxylation is 2. The van der Waals surface area contributed by atoms with E-state index in [0.717, 1.165) is 30.8 Å². The number of aromatic nitrogens is 3. The van der Waals surface area contributed by atoms with Gasteiger partial charge in [0.2, 0.25) is 0 Å². The molecular weight excluding hydrogens is 386 g/mol. The van der Waals surface area contributed by atoms with Crippen molar-refractivity contribution in [3.05, 3.63) is 77.4 Å². The second-order valence-corrected chi connectivity index (χ2v) is 7.15. The van der Waals surface area contributed by atoms with Crippen LogP contribution in [0.5, 0.6) is 0 Å². The monoisotopic (exact) mass is 411 g/mol. The SMILES string of the molecule is CCc1ccc(C2CNCCN2C(=O)c2ccc(-n3cncn3)c(C)c2)cc1.Cl. The Morgan fingerprint density at radius 1 is 1.21 bits per heavy atom. The molecule has 0 radical (unpaired) electrons. The maximum Gasteiger partial charge on any atom is 0.254 e. The van der Waals surface area contributed by atoms with Crippen LogP contribution in [0.2, 0.25) is 0 Å². The summed E-state index contributed by atoms with van der Waals surface area (Å²) in [5.74, 6) is 0.0688. The van der Waals surface area contributed by atoms with Crippen molar-refractivity contribution in [1.82, 2.24) is 25.0 Å². The summed E-state index contributed by atoms with van der Waals surface area (Å²) < 4.78 is 1.71. The quantitative estimate of drug-likeness (QED) is 0.715. The third kappa shape index (κ3) is 4.33. The molecule has 1 aliphatic rings. The Kier molecular flexibility index (Phi) is 6.67. The van der Waals surface area contributed by atoms with Crippen LogP contribution in [-0.4, -0.2) is 45.2 Å². The van der Waals surface area contributed by atoms with Crippen LogP contribution in [0, 0.1) is 6.92 Å². The summed E-state index contributed by atoms with van der Waals surface area (Å²) in [6.07, 6.45) is 4.19. The number of carbonyl (C=O) groups excluding carboxylic acids is 1. The molecule has 1 N–H and O–H groups in total. The van der Waals surface area contributed by atoms with Crippen molar-refractivity contribution >= 4 is 18.3 Å². The number of carbonyl (C=O) groups is 1. The van der Waals surface area contributed by atoms with Crippen LogP contribution in [0.25, 0.3) is 5.69 Å². The number of amides is 1. The first-order valence-corrected chi connectivity index (χ1v) is 9.73. The molecule has 1 fully saturated rings. The molecule has 4 rings (SSSR count). The lowest BCUT2D eigenvalue weighted by Gasteiger charge is -2.37. The number of nitrogens with zero attached hydrogens (tertiary/aromatic N) is 4. The third-order valence-corrected chi connectivity index (χ3v) is 5.39. The summed E-state index contributed by atoms with van der Waals surface area (Å²) in [6, 6.07) is 14.4. The van der Waals surface area contributed by atoms with Gasteiger partial charge in [-0.05, 0) is 48.2 Å². The molecule has 2 aromatic carbocycles. The first-order valence-electron chi connectivity index (χ1n) is 9.73. The van der Waals surface area contributed by atoms with Crippen LogP contribution < -0.4 is 5.32 Å². The van der Waals surface area contributed by atoms with Gasteiger partial charge in [0.1, 0.15) is 12.7 Å². The highest BCUT2D eigenvalue weighted by molar-refractivity contribution is 5.95. The number of nitrogens with one attached hydrogen (secondary N) is 1. The lowest BCUT2D eigenvalue weighted by molar-refractivity contribution is 0.0634. The van der Waals surface area contributed by atoms with Crippen molar-refractivity contribution in [3.8, 4) is 5.69 Å². The van der Waals surface area contributed by atoms with Gasteiger partial charge in [-0.15, -0.1) is 12.4 Å². The largest absolute Gasteiger partial charge is 0.329 e. The molecule has 0 saturated carbocycles. The normalized spacial score (nSPS) is 16.3. The molecule has 2 heterocycles. The van der Waals surface area contributed by atoms with E-state index in [-0.39, 0.29) is 24.4 Å². The first-order chi connectivity index (χ1) is 13.7. The van der Waals surface area contributed by atoms with Crippen molar-refractivity contribution in [1.29, 1.82) is 0 Å². The first kappa shape index (κ1) is 21.0. The third-order valence-electron chi connectivity index (χ3n) is 5.39. The molecule has 1 aliphatic heterocycles. The predicted octanol–water partition coefficient (Wildman–Crippen LogP) is 3.35. The van der Waals surface area contributed by atoms with E-state index in [2.05, 4.69) is 46.6 Å². The topological polar surface area (TPSA) is 63.1 Å². The summed E-state index contributed by atoms with van der Waals surface area (Å²) in [6.45, 7) is 6.42. The van der Waals surface area contributed by atoms with E-state index >= 15 is 0 Å². The van der Waals surface area contributed by atoms with E-state index in [1.54, 1.807) is 11.0 Å². The van der Waals surface area contributed by atoms with Gasteiger partial charge in [0.05, 0.1) is 11.7 Å². The number of hydrogen-bond donors (Lipinski definition) is 1. The lowest BCUT2D eigenvalue weighted by Crippen LogP contribution is -2.48. The molecule has 0 aliphatic carbocycles. The van der Waals surface area contributed by atoms with Crippen molar-refractivity contribution in [2.45, 2.75) is 26.3 Å². The molecular formula is C22H26ClN5O. The van der Waals surface area contributed by atoms with Gasteiger partial charge in [-0.3, -0.25) is 4.79 Å². The Labute approximate surface area is 177 Å². The number of hydrogen-bond acceptors (Lipinski definition) is 4. The van der Waals surface area contributed by atoms with Crippen molar-refractivity contribution < 1.29 is 4.79 Å². The number of rotatable bonds is 4. The van der Waals surface area contributed by atoms with E-state index in [9.17, 15) is 4.79 Å². The highest BCUT2D eigenvalue weighted by Gasteiger charge is 2.28. The van der Waals surface area contributed by atoms with Gasteiger partial charge in [-0.25, -0.2) is 9.67 Å². The molecule has 0 bridgehead atoms. The summed E-state index contributed by atoms with van der Waals surface area (Å²) in [5.41, 5.74) is 5.12. The molecule has 1 saturated heterocycles. The minimum absolute atomic E-state index is 0. The van der Waals surface area contributed by atoms with E-state index in [0.29, 0.717) is 12.1 Å². The van der Waals surface area contributed by atoms with E-state index in [1.807, 2.05) is 30.0 Å². The van der Waals surface area contributed by atoms with Gasteiger partial charge in [0, 0.05) is 25.2 Å². The number of benzene rings is 2. The number of piperazine rings is 1.